The molecule has 0 aliphatic carbocycles. The van der Waals surface area contributed by atoms with Crippen LogP contribution in [-0.4, -0.2) is 70.3 Å². The molecule has 49 heavy (non-hydrogen) atoms. The van der Waals surface area contributed by atoms with Gasteiger partial charge in [-0.05, 0) is 0 Å². The lowest BCUT2D eigenvalue weighted by Crippen LogP contribution is -2.36. The van der Waals surface area contributed by atoms with Crippen molar-refractivity contribution in [3.05, 3.63) is 82.3 Å². The van der Waals surface area contributed by atoms with Crippen LogP contribution < -0.4 is 14.2 Å². The Kier molecular flexibility index (Phi) is 12.0. The first-order valence-corrected chi connectivity index (χ1v) is 15.2. The zero-order valence-corrected chi connectivity index (χ0v) is 24.9. The molecule has 0 saturated heterocycles. The number of halogens is 12. The summed E-state index contributed by atoms with van der Waals surface area (Å²) in [5.74, 6) is -34.5. The van der Waals surface area contributed by atoms with Crippen LogP contribution in [0.1, 0.15) is 5.56 Å². The van der Waals surface area contributed by atoms with E-state index < -0.39 is 162 Å². The van der Waals surface area contributed by atoms with Crippen molar-refractivity contribution in [3.8, 4) is 17.2 Å². The molecular weight excluding hydrogens is 750 g/mol. The molecule has 270 valence electrons. The van der Waals surface area contributed by atoms with Crippen molar-refractivity contribution in [3.63, 3.8) is 0 Å². The van der Waals surface area contributed by atoms with E-state index in [0.717, 1.165) is 4.90 Å². The molecule has 0 spiro atoms. The highest BCUT2D eigenvalue weighted by molar-refractivity contribution is 7.86. The molecule has 0 atom stereocenters. The molecule has 10 nitrogen and oxygen atoms in total. The lowest BCUT2D eigenvalue weighted by molar-refractivity contribution is 0.141. The smallest absolute Gasteiger partial charge is 0.205 e. The Labute approximate surface area is 266 Å². The number of hydrogen-bond acceptors (Lipinski definition) is 10. The Bertz CT molecular complexity index is 1820. The largest absolute Gasteiger partial charge is 0.744 e. The number of nitrogens with zero attached hydrogens (tertiary/aromatic N) is 1. The van der Waals surface area contributed by atoms with Gasteiger partial charge >= 0.3 is 0 Å². The highest BCUT2D eigenvalue weighted by Gasteiger charge is 2.32. The molecule has 0 heterocycles. The molecule has 2 radical (unpaired) electrons. The molecule has 3 aromatic rings. The predicted molar refractivity (Wildman–Crippen MR) is 131 cm³/mol. The van der Waals surface area contributed by atoms with E-state index in [1.807, 2.05) is 0 Å². The third-order valence-corrected chi connectivity index (χ3v) is 7.80. The first kappa shape index (κ1) is 39.4. The summed E-state index contributed by atoms with van der Waals surface area (Å²) in [7, 11) is -12.2. The molecular formula is C25H13F12NO9S2-2. The van der Waals surface area contributed by atoms with Crippen LogP contribution in [0.2, 0.25) is 0 Å². The Morgan fingerprint density at radius 1 is 0.449 bits per heavy atom. The van der Waals surface area contributed by atoms with Crippen LogP contribution >= 0.6 is 0 Å². The zero-order chi connectivity index (χ0) is 37.3. The van der Waals surface area contributed by atoms with Gasteiger partial charge in [0.15, 0.2) is 52.2 Å². The SMILES string of the molecule is [CH]c1c(F)c(F)c(OCCN(CCOc2c(F)c(F)c(S(=O)(=O)[O-])c(F)c2F)CCOc2c(F)c(F)c(S(=O)(=O)[O-])c(F)c2F)c(F)c1F. The van der Waals surface area contributed by atoms with Gasteiger partial charge in [0.1, 0.15) is 49.8 Å². The van der Waals surface area contributed by atoms with E-state index in [1.165, 1.54) is 0 Å². The van der Waals surface area contributed by atoms with Gasteiger partial charge in [-0.25, -0.2) is 43.2 Å². The third kappa shape index (κ3) is 8.08. The summed E-state index contributed by atoms with van der Waals surface area (Å²) in [4.78, 5) is -4.22. The molecule has 0 saturated carbocycles. The van der Waals surface area contributed by atoms with E-state index >= 15 is 0 Å². The maximum atomic E-state index is 14.3. The normalized spacial score (nSPS) is 12.2. The van der Waals surface area contributed by atoms with Gasteiger partial charge < -0.3 is 23.3 Å². The summed E-state index contributed by atoms with van der Waals surface area (Å²) in [5, 5.41) is 0. The molecule has 0 fully saturated rings. The van der Waals surface area contributed by atoms with E-state index in [0.29, 0.717) is 0 Å². The fourth-order valence-electron chi connectivity index (χ4n) is 3.80. The minimum atomic E-state index is -6.09. The second-order valence-corrected chi connectivity index (χ2v) is 11.8. The van der Waals surface area contributed by atoms with Crippen molar-refractivity contribution in [1.29, 1.82) is 0 Å². The summed E-state index contributed by atoms with van der Waals surface area (Å²) in [6, 6.07) is 0. The molecule has 3 aromatic carbocycles. The van der Waals surface area contributed by atoms with Gasteiger partial charge in [-0.3, -0.25) is 4.90 Å². The van der Waals surface area contributed by atoms with Gasteiger partial charge in [0.2, 0.25) is 34.9 Å². The van der Waals surface area contributed by atoms with Gasteiger partial charge in [-0.1, -0.05) is 0 Å². The first-order valence-electron chi connectivity index (χ1n) is 12.4. The molecule has 3 rings (SSSR count). The predicted octanol–water partition coefficient (Wildman–Crippen LogP) is 4.06. The zero-order valence-electron chi connectivity index (χ0n) is 23.3. The first-order chi connectivity index (χ1) is 22.5. The van der Waals surface area contributed by atoms with Crippen LogP contribution in [0.15, 0.2) is 9.79 Å². The summed E-state index contributed by atoms with van der Waals surface area (Å²) in [6.07, 6.45) is 0. The highest BCUT2D eigenvalue weighted by Crippen LogP contribution is 2.34. The molecule has 0 N–H and O–H groups in total. The Morgan fingerprint density at radius 3 is 0.898 bits per heavy atom. The molecule has 0 bridgehead atoms. The maximum absolute atomic E-state index is 14.3. The maximum Gasteiger partial charge on any atom is 0.205 e. The number of ether oxygens (including phenoxy) is 3. The van der Waals surface area contributed by atoms with Gasteiger partial charge in [-0.15, -0.1) is 0 Å². The van der Waals surface area contributed by atoms with Crippen molar-refractivity contribution in [2.45, 2.75) is 9.79 Å². The van der Waals surface area contributed by atoms with Crippen molar-refractivity contribution in [1.82, 2.24) is 4.90 Å². The van der Waals surface area contributed by atoms with Crippen LogP contribution in [0.5, 0.6) is 17.2 Å². The van der Waals surface area contributed by atoms with Crippen LogP contribution in [0.25, 0.3) is 0 Å². The summed E-state index contributed by atoms with van der Waals surface area (Å²) >= 11 is 0. The average molecular weight is 763 g/mol. The van der Waals surface area contributed by atoms with Crippen LogP contribution in [0, 0.1) is 76.7 Å². The molecule has 24 heteroatoms. The van der Waals surface area contributed by atoms with Crippen molar-refractivity contribution in [2.75, 3.05) is 39.5 Å². The lowest BCUT2D eigenvalue weighted by Gasteiger charge is -2.23. The standard InChI is InChI=1S/C25H15F12NO9S2/c1-8-9(26)11(28)21(12(29)10(8)27)45-5-2-38(3-6-46-22-13(30)17(34)24(48(39,40)41)18(35)14(22)31)4-7-47-23-15(32)19(36)25(49(42,43)44)20(37)16(23)33/h1H,2-7H2,(H,39,40,41)(H,42,43,44)/p-2. The average Bonchev–Trinajstić information content (AvgIpc) is 3.00. The van der Waals surface area contributed by atoms with E-state index in [1.54, 1.807) is 0 Å². The van der Waals surface area contributed by atoms with Gasteiger partial charge in [0.25, 0.3) is 0 Å². The van der Waals surface area contributed by atoms with Gasteiger partial charge in [0.05, 0.1) is 0 Å². The van der Waals surface area contributed by atoms with Crippen LogP contribution in [-0.2, 0) is 20.2 Å². The highest BCUT2D eigenvalue weighted by atomic mass is 32.2. The van der Waals surface area contributed by atoms with E-state index in [-0.39, 0.29) is 0 Å². The number of benzene rings is 3. The molecule has 0 aliphatic heterocycles. The van der Waals surface area contributed by atoms with Gasteiger partial charge in [-0.2, -0.15) is 26.3 Å². The second-order valence-electron chi connectivity index (χ2n) is 9.12. The Hall–Kier alpha value is -4.00. The number of rotatable bonds is 14. The molecule has 0 amide bonds. The molecule has 0 aliphatic rings. The monoisotopic (exact) mass is 763 g/mol. The minimum Gasteiger partial charge on any atom is -0.744 e. The van der Waals surface area contributed by atoms with E-state index in [9.17, 15) is 78.6 Å². The quantitative estimate of drug-likeness (QED) is 0.134. The second kappa shape index (κ2) is 14.9. The number of hydrogen-bond donors (Lipinski definition) is 0. The topological polar surface area (TPSA) is 145 Å². The fourth-order valence-corrected chi connectivity index (χ4v) is 5.03. The fraction of sp³-hybridized carbons (Fsp3) is 0.240. The minimum absolute atomic E-state index is 0.735. The van der Waals surface area contributed by atoms with E-state index in [2.05, 4.69) is 14.2 Å². The van der Waals surface area contributed by atoms with Crippen molar-refractivity contribution in [2.24, 2.45) is 0 Å². The van der Waals surface area contributed by atoms with Crippen molar-refractivity contribution >= 4 is 20.2 Å². The molecule has 0 aromatic heterocycles. The van der Waals surface area contributed by atoms with Gasteiger partial charge in [0, 0.05) is 32.1 Å². The Morgan fingerprint density at radius 2 is 0.673 bits per heavy atom. The lowest BCUT2D eigenvalue weighted by atomic mass is 10.2. The molecule has 0 unspecified atom stereocenters. The van der Waals surface area contributed by atoms with Crippen molar-refractivity contribution < 1.29 is 92.8 Å². The third-order valence-electron chi connectivity index (χ3n) is 6.08. The summed E-state index contributed by atoms with van der Waals surface area (Å²) < 4.78 is 248. The Balaban J connectivity index is 1.85. The van der Waals surface area contributed by atoms with Crippen LogP contribution in [0.3, 0.4) is 0 Å². The van der Waals surface area contributed by atoms with E-state index in [4.69, 9.17) is 6.92 Å². The summed E-state index contributed by atoms with van der Waals surface area (Å²) in [5.41, 5.74) is -1.56. The van der Waals surface area contributed by atoms with Crippen LogP contribution in [0.4, 0.5) is 52.7 Å². The summed E-state index contributed by atoms with van der Waals surface area (Å²) in [6.45, 7) is -0.611.